The maximum Gasteiger partial charge on any atom is 0.409 e. The number of carbonyl (C=O) groups is 1. The van der Waals surface area contributed by atoms with Crippen LogP contribution in [0.4, 0.5) is 4.79 Å². The summed E-state index contributed by atoms with van der Waals surface area (Å²) in [4.78, 5) is 41.1. The van der Waals surface area contributed by atoms with Crippen LogP contribution in [-0.4, -0.2) is 40.2 Å². The largest absolute Gasteiger partial charge is 0.450 e. The number of amides is 1. The zero-order chi connectivity index (χ0) is 17.3. The van der Waals surface area contributed by atoms with Crippen molar-refractivity contribution < 1.29 is 9.53 Å². The van der Waals surface area contributed by atoms with Crippen molar-refractivity contribution in [2.24, 2.45) is 0 Å². The van der Waals surface area contributed by atoms with Gasteiger partial charge in [-0.15, -0.1) is 0 Å². The van der Waals surface area contributed by atoms with E-state index in [1.165, 1.54) is 4.57 Å². The van der Waals surface area contributed by atoms with Crippen molar-refractivity contribution in [1.29, 1.82) is 0 Å². The van der Waals surface area contributed by atoms with Crippen LogP contribution in [0.25, 0.3) is 10.9 Å². The summed E-state index contributed by atoms with van der Waals surface area (Å²) in [6.45, 7) is 2.98. The third-order valence-corrected chi connectivity index (χ3v) is 4.48. The molecule has 1 aromatic heterocycles. The molecule has 3 rings (SSSR count). The van der Waals surface area contributed by atoms with Gasteiger partial charge in [-0.05, 0) is 38.0 Å². The van der Waals surface area contributed by atoms with Crippen molar-refractivity contribution in [3.05, 3.63) is 44.1 Å². The van der Waals surface area contributed by atoms with Crippen LogP contribution in [0, 0.1) is 0 Å². The van der Waals surface area contributed by atoms with Crippen LogP contribution in [0.3, 0.4) is 0 Å². The first kappa shape index (κ1) is 16.6. The van der Waals surface area contributed by atoms with Crippen molar-refractivity contribution >= 4 is 28.6 Å². The van der Waals surface area contributed by atoms with Crippen LogP contribution in [0.1, 0.15) is 25.8 Å². The standard InChI is InChI=1S/C16H18ClN3O4/c1-2-24-16(23)19-7-5-11(6-8-19)20-14(21)12-4-3-10(17)9-13(12)18-15(20)22/h3-4,9,11H,2,5-8H2,1H3,(H,18,22). The molecule has 128 valence electrons. The molecule has 1 aromatic carbocycles. The summed E-state index contributed by atoms with van der Waals surface area (Å²) in [5.41, 5.74) is -0.359. The lowest BCUT2D eigenvalue weighted by molar-refractivity contribution is 0.0920. The van der Waals surface area contributed by atoms with Crippen molar-refractivity contribution in [2.75, 3.05) is 19.7 Å². The maximum atomic E-state index is 12.7. The Morgan fingerprint density at radius 3 is 2.71 bits per heavy atom. The quantitative estimate of drug-likeness (QED) is 0.898. The van der Waals surface area contributed by atoms with E-state index in [1.807, 2.05) is 0 Å². The molecule has 2 heterocycles. The summed E-state index contributed by atoms with van der Waals surface area (Å²) < 4.78 is 6.23. The summed E-state index contributed by atoms with van der Waals surface area (Å²) in [6.07, 6.45) is 0.701. The number of rotatable bonds is 2. The minimum Gasteiger partial charge on any atom is -0.450 e. The minimum absolute atomic E-state index is 0.244. The van der Waals surface area contributed by atoms with Crippen LogP contribution < -0.4 is 11.2 Å². The smallest absolute Gasteiger partial charge is 0.409 e. The van der Waals surface area contributed by atoms with Gasteiger partial charge in [-0.1, -0.05) is 11.6 Å². The second kappa shape index (κ2) is 6.68. The maximum absolute atomic E-state index is 12.7. The number of carbonyl (C=O) groups excluding carboxylic acids is 1. The molecule has 0 atom stereocenters. The Morgan fingerprint density at radius 1 is 1.33 bits per heavy atom. The number of ether oxygens (including phenoxy) is 1. The highest BCUT2D eigenvalue weighted by molar-refractivity contribution is 6.31. The van der Waals surface area contributed by atoms with Gasteiger partial charge in [0.25, 0.3) is 5.56 Å². The fourth-order valence-electron chi connectivity index (χ4n) is 3.06. The van der Waals surface area contributed by atoms with Gasteiger partial charge in [-0.25, -0.2) is 9.59 Å². The predicted octanol–water partition coefficient (Wildman–Crippen LogP) is 2.14. The highest BCUT2D eigenvalue weighted by Gasteiger charge is 2.26. The van der Waals surface area contributed by atoms with Gasteiger partial charge in [-0.2, -0.15) is 0 Å². The number of nitrogens with zero attached hydrogens (tertiary/aromatic N) is 2. The Morgan fingerprint density at radius 2 is 2.04 bits per heavy atom. The number of H-pyrrole nitrogens is 1. The van der Waals surface area contributed by atoms with Gasteiger partial charge < -0.3 is 14.6 Å². The lowest BCUT2D eigenvalue weighted by Gasteiger charge is -2.31. The number of hydrogen-bond acceptors (Lipinski definition) is 4. The molecule has 1 N–H and O–H groups in total. The molecule has 0 bridgehead atoms. The van der Waals surface area contributed by atoms with Crippen molar-refractivity contribution in [3.63, 3.8) is 0 Å². The Labute approximate surface area is 142 Å². The van der Waals surface area contributed by atoms with Gasteiger partial charge in [0.2, 0.25) is 0 Å². The first-order valence-corrected chi connectivity index (χ1v) is 8.25. The van der Waals surface area contributed by atoms with E-state index in [2.05, 4.69) is 4.98 Å². The number of halogens is 1. The molecular formula is C16H18ClN3O4. The number of aromatic amines is 1. The van der Waals surface area contributed by atoms with Crippen LogP contribution in [0.5, 0.6) is 0 Å². The Balaban J connectivity index is 1.89. The third kappa shape index (κ3) is 3.03. The van der Waals surface area contributed by atoms with E-state index < -0.39 is 5.69 Å². The predicted molar refractivity (Wildman–Crippen MR) is 90.7 cm³/mol. The molecule has 8 heteroatoms. The third-order valence-electron chi connectivity index (χ3n) is 4.25. The zero-order valence-electron chi connectivity index (χ0n) is 13.3. The van der Waals surface area contributed by atoms with E-state index in [-0.39, 0.29) is 17.7 Å². The minimum atomic E-state index is -0.454. The van der Waals surface area contributed by atoms with Crippen LogP contribution in [0.2, 0.25) is 5.02 Å². The highest BCUT2D eigenvalue weighted by atomic mass is 35.5. The average Bonchev–Trinajstić information content (AvgIpc) is 2.55. The van der Waals surface area contributed by atoms with Gasteiger partial charge in [0.05, 0.1) is 17.5 Å². The van der Waals surface area contributed by atoms with E-state index in [9.17, 15) is 14.4 Å². The van der Waals surface area contributed by atoms with Gasteiger partial charge in [0.15, 0.2) is 0 Å². The Hall–Kier alpha value is -2.28. The number of hydrogen-bond donors (Lipinski definition) is 1. The topological polar surface area (TPSA) is 84.4 Å². The lowest BCUT2D eigenvalue weighted by Crippen LogP contribution is -2.45. The first-order valence-electron chi connectivity index (χ1n) is 7.87. The molecule has 7 nitrogen and oxygen atoms in total. The number of aromatic nitrogens is 2. The number of likely N-dealkylation sites (tertiary alicyclic amines) is 1. The molecule has 1 aliphatic rings. The summed E-state index contributed by atoms with van der Waals surface area (Å²) >= 11 is 5.90. The molecule has 1 aliphatic heterocycles. The molecule has 0 saturated carbocycles. The molecular weight excluding hydrogens is 334 g/mol. The molecule has 24 heavy (non-hydrogen) atoms. The fourth-order valence-corrected chi connectivity index (χ4v) is 3.23. The Kier molecular flexibility index (Phi) is 4.62. The fraction of sp³-hybridized carbons (Fsp3) is 0.438. The summed E-state index contributed by atoms with van der Waals surface area (Å²) in [6, 6.07) is 4.55. The zero-order valence-corrected chi connectivity index (χ0v) is 14.0. The van der Waals surface area contributed by atoms with E-state index in [4.69, 9.17) is 16.3 Å². The van der Waals surface area contributed by atoms with E-state index in [1.54, 1.807) is 30.0 Å². The SMILES string of the molecule is CCOC(=O)N1CCC(n2c(=O)[nH]c3cc(Cl)ccc3c2=O)CC1. The van der Waals surface area contributed by atoms with Gasteiger partial charge in [0, 0.05) is 24.2 Å². The second-order valence-electron chi connectivity index (χ2n) is 5.71. The van der Waals surface area contributed by atoms with Crippen LogP contribution >= 0.6 is 11.6 Å². The number of piperidine rings is 1. The van der Waals surface area contributed by atoms with Gasteiger partial charge in [-0.3, -0.25) is 9.36 Å². The molecule has 2 aromatic rings. The first-order chi connectivity index (χ1) is 11.5. The molecule has 0 aliphatic carbocycles. The molecule has 0 unspecified atom stereocenters. The van der Waals surface area contributed by atoms with Crippen LogP contribution in [0.15, 0.2) is 27.8 Å². The molecule has 0 spiro atoms. The summed E-state index contributed by atoms with van der Waals surface area (Å²) in [5, 5.41) is 0.880. The van der Waals surface area contributed by atoms with Crippen molar-refractivity contribution in [2.45, 2.75) is 25.8 Å². The molecule has 1 amide bonds. The Bertz CT molecular complexity index is 881. The van der Waals surface area contributed by atoms with Crippen molar-refractivity contribution in [1.82, 2.24) is 14.5 Å². The average molecular weight is 352 g/mol. The summed E-state index contributed by atoms with van der Waals surface area (Å²) in [7, 11) is 0. The number of fused-ring (bicyclic) bond motifs is 1. The molecule has 1 fully saturated rings. The van der Waals surface area contributed by atoms with E-state index >= 15 is 0 Å². The lowest BCUT2D eigenvalue weighted by atomic mass is 10.0. The van der Waals surface area contributed by atoms with E-state index in [0.717, 1.165) is 0 Å². The number of nitrogens with one attached hydrogen (secondary N) is 1. The number of benzene rings is 1. The monoisotopic (exact) mass is 351 g/mol. The second-order valence-corrected chi connectivity index (χ2v) is 6.15. The van der Waals surface area contributed by atoms with Gasteiger partial charge >= 0.3 is 11.8 Å². The normalized spacial score (nSPS) is 15.7. The molecule has 0 radical (unpaired) electrons. The molecule has 1 saturated heterocycles. The van der Waals surface area contributed by atoms with Crippen molar-refractivity contribution in [3.8, 4) is 0 Å². The highest BCUT2D eigenvalue weighted by Crippen LogP contribution is 2.21. The van der Waals surface area contributed by atoms with Crippen LogP contribution in [-0.2, 0) is 4.74 Å². The summed E-state index contributed by atoms with van der Waals surface area (Å²) in [5.74, 6) is 0. The van der Waals surface area contributed by atoms with Gasteiger partial charge in [0.1, 0.15) is 0 Å². The van der Waals surface area contributed by atoms with E-state index in [0.29, 0.717) is 48.5 Å².